The normalized spacial score (nSPS) is 12.4. The van der Waals surface area contributed by atoms with Crippen LogP contribution in [0.1, 0.15) is 11.5 Å². The fourth-order valence-corrected chi connectivity index (χ4v) is 2.02. The maximum absolute atomic E-state index is 11.8. The Bertz CT molecular complexity index is 564. The van der Waals surface area contributed by atoms with Crippen LogP contribution < -0.4 is 10.0 Å². The van der Waals surface area contributed by atoms with Gasteiger partial charge in [-0.2, -0.15) is 5.26 Å². The van der Waals surface area contributed by atoms with Crippen LogP contribution in [0.4, 0.5) is 0 Å². The summed E-state index contributed by atoms with van der Waals surface area (Å²) in [4.78, 5) is 11.8. The Labute approximate surface area is 112 Å². The van der Waals surface area contributed by atoms with E-state index >= 15 is 0 Å². The highest BCUT2D eigenvalue weighted by molar-refractivity contribution is 7.89. The molecule has 0 saturated heterocycles. The molecule has 1 aromatic carbocycles. The standard InChI is InChI=1S/C12H15N3O3S/c1-14-19(17,18)8-7-15-12(16)11(9-13)10-5-3-2-4-6-10/h2-6,11,14H,7-8H2,1H3,(H,15,16). The van der Waals surface area contributed by atoms with E-state index in [1.165, 1.54) is 7.05 Å². The highest BCUT2D eigenvalue weighted by atomic mass is 32.2. The molecule has 0 aliphatic rings. The first-order valence-electron chi connectivity index (χ1n) is 5.63. The summed E-state index contributed by atoms with van der Waals surface area (Å²) >= 11 is 0. The number of nitrogens with one attached hydrogen (secondary N) is 2. The molecule has 0 bridgehead atoms. The van der Waals surface area contributed by atoms with Crippen molar-refractivity contribution < 1.29 is 13.2 Å². The zero-order valence-electron chi connectivity index (χ0n) is 10.5. The first-order chi connectivity index (χ1) is 9.00. The van der Waals surface area contributed by atoms with Crippen molar-refractivity contribution in [2.45, 2.75) is 5.92 Å². The van der Waals surface area contributed by atoms with Gasteiger partial charge in [0.25, 0.3) is 0 Å². The lowest BCUT2D eigenvalue weighted by Gasteiger charge is -2.10. The number of carbonyl (C=O) groups excluding carboxylic acids is 1. The van der Waals surface area contributed by atoms with E-state index in [1.54, 1.807) is 30.3 Å². The smallest absolute Gasteiger partial charge is 0.241 e. The molecule has 102 valence electrons. The van der Waals surface area contributed by atoms with Crippen molar-refractivity contribution in [2.24, 2.45) is 0 Å². The second-order valence-corrected chi connectivity index (χ2v) is 5.83. The first kappa shape index (κ1) is 15.1. The zero-order valence-corrected chi connectivity index (χ0v) is 11.3. The molecule has 7 heteroatoms. The molecule has 1 unspecified atom stereocenters. The van der Waals surface area contributed by atoms with Gasteiger partial charge >= 0.3 is 0 Å². The van der Waals surface area contributed by atoms with Crippen molar-refractivity contribution in [1.29, 1.82) is 5.26 Å². The Balaban J connectivity index is 2.60. The molecule has 0 radical (unpaired) electrons. The van der Waals surface area contributed by atoms with Crippen LogP contribution in [0.2, 0.25) is 0 Å². The van der Waals surface area contributed by atoms with E-state index in [0.29, 0.717) is 5.56 Å². The van der Waals surface area contributed by atoms with E-state index in [9.17, 15) is 13.2 Å². The largest absolute Gasteiger partial charge is 0.354 e. The summed E-state index contributed by atoms with van der Waals surface area (Å²) in [6.45, 7) is -0.0347. The molecule has 6 nitrogen and oxygen atoms in total. The molecular formula is C12H15N3O3S. The molecule has 0 aliphatic carbocycles. The first-order valence-corrected chi connectivity index (χ1v) is 7.29. The number of nitriles is 1. The summed E-state index contributed by atoms with van der Waals surface area (Å²) in [5.74, 6) is -1.65. The Morgan fingerprint density at radius 2 is 2.00 bits per heavy atom. The van der Waals surface area contributed by atoms with Gasteiger partial charge in [-0.25, -0.2) is 13.1 Å². The average Bonchev–Trinajstić information content (AvgIpc) is 2.40. The Kier molecular flexibility index (Phi) is 5.48. The van der Waals surface area contributed by atoms with Crippen LogP contribution in [-0.4, -0.2) is 33.7 Å². The number of nitrogens with zero attached hydrogens (tertiary/aromatic N) is 1. The summed E-state index contributed by atoms with van der Waals surface area (Å²) in [6.07, 6.45) is 0. The molecule has 0 fully saturated rings. The molecule has 2 N–H and O–H groups in total. The van der Waals surface area contributed by atoms with Crippen LogP contribution in [0.25, 0.3) is 0 Å². The van der Waals surface area contributed by atoms with Crippen LogP contribution in [0.3, 0.4) is 0 Å². The van der Waals surface area contributed by atoms with Crippen LogP contribution in [-0.2, 0) is 14.8 Å². The average molecular weight is 281 g/mol. The van der Waals surface area contributed by atoms with E-state index in [4.69, 9.17) is 5.26 Å². The van der Waals surface area contributed by atoms with Crippen LogP contribution in [0, 0.1) is 11.3 Å². The lowest BCUT2D eigenvalue weighted by atomic mass is 10.00. The molecule has 0 aromatic heterocycles. The minimum Gasteiger partial charge on any atom is -0.354 e. The van der Waals surface area contributed by atoms with Gasteiger partial charge in [-0.15, -0.1) is 0 Å². The zero-order chi connectivity index (χ0) is 14.3. The van der Waals surface area contributed by atoms with E-state index in [0.717, 1.165) is 0 Å². The summed E-state index contributed by atoms with van der Waals surface area (Å²) < 4.78 is 24.5. The third-order valence-corrected chi connectivity index (χ3v) is 3.87. The van der Waals surface area contributed by atoms with Gasteiger partial charge in [-0.05, 0) is 12.6 Å². The molecule has 1 rings (SSSR count). The molecule has 0 heterocycles. The second-order valence-electron chi connectivity index (χ2n) is 3.79. The monoisotopic (exact) mass is 281 g/mol. The molecular weight excluding hydrogens is 266 g/mol. The van der Waals surface area contributed by atoms with Crippen molar-refractivity contribution in [1.82, 2.24) is 10.0 Å². The maximum atomic E-state index is 11.8. The van der Waals surface area contributed by atoms with Gasteiger partial charge in [-0.3, -0.25) is 4.79 Å². The number of benzene rings is 1. The van der Waals surface area contributed by atoms with Crippen LogP contribution in [0.5, 0.6) is 0 Å². The van der Waals surface area contributed by atoms with Crippen molar-refractivity contribution in [3.8, 4) is 6.07 Å². The van der Waals surface area contributed by atoms with E-state index in [-0.39, 0.29) is 12.3 Å². The minimum atomic E-state index is -3.36. The number of hydrogen-bond acceptors (Lipinski definition) is 4. The Hall–Kier alpha value is -1.91. The third-order valence-electron chi connectivity index (χ3n) is 2.51. The van der Waals surface area contributed by atoms with Gasteiger partial charge in [0.1, 0.15) is 5.92 Å². The predicted octanol–water partition coefficient (Wildman–Crippen LogP) is -0.0408. The fraction of sp³-hybridized carbons (Fsp3) is 0.333. The molecule has 1 aromatic rings. The van der Waals surface area contributed by atoms with Gasteiger partial charge in [0, 0.05) is 6.54 Å². The highest BCUT2D eigenvalue weighted by Crippen LogP contribution is 2.14. The SMILES string of the molecule is CNS(=O)(=O)CCNC(=O)C(C#N)c1ccccc1. The Morgan fingerprint density at radius 3 is 2.53 bits per heavy atom. The molecule has 0 saturated carbocycles. The summed E-state index contributed by atoms with van der Waals surface area (Å²) in [5, 5.41) is 11.5. The van der Waals surface area contributed by atoms with Crippen LogP contribution >= 0.6 is 0 Å². The number of sulfonamides is 1. The third kappa shape index (κ3) is 4.69. The summed E-state index contributed by atoms with van der Waals surface area (Å²) in [5.41, 5.74) is 0.582. The molecule has 19 heavy (non-hydrogen) atoms. The second kappa shape index (κ2) is 6.87. The van der Waals surface area contributed by atoms with Crippen molar-refractivity contribution in [3.05, 3.63) is 35.9 Å². The lowest BCUT2D eigenvalue weighted by Crippen LogP contribution is -2.35. The van der Waals surface area contributed by atoms with Gasteiger partial charge in [0.15, 0.2) is 0 Å². The Morgan fingerprint density at radius 1 is 1.37 bits per heavy atom. The van der Waals surface area contributed by atoms with Crippen LogP contribution in [0.15, 0.2) is 30.3 Å². The van der Waals surface area contributed by atoms with Gasteiger partial charge in [0.2, 0.25) is 15.9 Å². The van der Waals surface area contributed by atoms with E-state index in [2.05, 4.69) is 10.0 Å². The van der Waals surface area contributed by atoms with Crippen molar-refractivity contribution >= 4 is 15.9 Å². The summed E-state index contributed by atoms with van der Waals surface area (Å²) in [6, 6.07) is 10.5. The number of carbonyl (C=O) groups is 1. The molecule has 0 spiro atoms. The fourth-order valence-electron chi connectivity index (χ4n) is 1.44. The number of amides is 1. The maximum Gasteiger partial charge on any atom is 0.241 e. The minimum absolute atomic E-state index is 0.0347. The van der Waals surface area contributed by atoms with Crippen molar-refractivity contribution in [3.63, 3.8) is 0 Å². The van der Waals surface area contributed by atoms with E-state index < -0.39 is 21.8 Å². The van der Waals surface area contributed by atoms with Gasteiger partial charge in [-0.1, -0.05) is 30.3 Å². The molecule has 1 amide bonds. The van der Waals surface area contributed by atoms with Gasteiger partial charge < -0.3 is 5.32 Å². The summed E-state index contributed by atoms with van der Waals surface area (Å²) in [7, 11) is -2.06. The highest BCUT2D eigenvalue weighted by Gasteiger charge is 2.19. The number of rotatable bonds is 6. The van der Waals surface area contributed by atoms with E-state index in [1.807, 2.05) is 6.07 Å². The lowest BCUT2D eigenvalue weighted by molar-refractivity contribution is -0.121. The molecule has 0 aliphatic heterocycles. The van der Waals surface area contributed by atoms with Gasteiger partial charge in [0.05, 0.1) is 11.8 Å². The number of hydrogen-bond donors (Lipinski definition) is 2. The molecule has 1 atom stereocenters. The quantitative estimate of drug-likeness (QED) is 0.764. The predicted molar refractivity (Wildman–Crippen MR) is 70.7 cm³/mol. The van der Waals surface area contributed by atoms with Crippen molar-refractivity contribution in [2.75, 3.05) is 19.3 Å². The topological polar surface area (TPSA) is 99.1 Å².